The van der Waals surface area contributed by atoms with Gasteiger partial charge in [0, 0.05) is 20.2 Å². The summed E-state index contributed by atoms with van der Waals surface area (Å²) < 4.78 is 11.5. The molecule has 1 saturated heterocycles. The number of para-hydroxylation sites is 1. The van der Waals surface area contributed by atoms with Gasteiger partial charge in [0.15, 0.2) is 0 Å². The second kappa shape index (κ2) is 8.44. The fraction of sp³-hybridized carbons (Fsp3) is 0.292. The maximum absolute atomic E-state index is 13.0. The lowest BCUT2D eigenvalue weighted by Crippen LogP contribution is -2.27. The molecular weight excluding hydrogens is 350 g/mol. The van der Waals surface area contributed by atoms with Crippen LogP contribution in [0.3, 0.4) is 0 Å². The van der Waals surface area contributed by atoms with Crippen LogP contribution in [0, 0.1) is 0 Å². The van der Waals surface area contributed by atoms with Crippen molar-refractivity contribution >= 4 is 16.7 Å². The Labute approximate surface area is 165 Å². The monoisotopic (exact) mass is 375 g/mol. The van der Waals surface area contributed by atoms with Crippen LogP contribution in [0.4, 0.5) is 0 Å². The van der Waals surface area contributed by atoms with Crippen molar-refractivity contribution in [3.05, 3.63) is 77.9 Å². The van der Waals surface area contributed by atoms with Crippen LogP contribution in [-0.4, -0.2) is 37.2 Å². The molecule has 4 heteroatoms. The van der Waals surface area contributed by atoms with Gasteiger partial charge in [0.05, 0.1) is 11.7 Å². The predicted molar refractivity (Wildman–Crippen MR) is 111 cm³/mol. The highest BCUT2D eigenvalue weighted by Gasteiger charge is 2.20. The third kappa shape index (κ3) is 4.18. The van der Waals surface area contributed by atoms with E-state index in [9.17, 15) is 4.79 Å². The molecule has 1 unspecified atom stereocenters. The fourth-order valence-corrected chi connectivity index (χ4v) is 3.62. The molecule has 1 aliphatic heterocycles. The van der Waals surface area contributed by atoms with E-state index in [0.717, 1.165) is 25.0 Å². The third-order valence-electron chi connectivity index (χ3n) is 5.15. The van der Waals surface area contributed by atoms with Crippen molar-refractivity contribution < 1.29 is 14.3 Å². The average molecular weight is 375 g/mol. The first-order valence-electron chi connectivity index (χ1n) is 9.77. The SMILES string of the molecule is CN(Cc1ccc2ccccc2c1)C(=O)c1ccccc1OCC1CCCO1. The summed E-state index contributed by atoms with van der Waals surface area (Å²) in [6.45, 7) is 1.82. The fourth-order valence-electron chi connectivity index (χ4n) is 3.62. The van der Waals surface area contributed by atoms with E-state index in [1.54, 1.807) is 4.90 Å². The number of hydrogen-bond donors (Lipinski definition) is 0. The van der Waals surface area contributed by atoms with E-state index in [-0.39, 0.29) is 12.0 Å². The Morgan fingerprint density at radius 2 is 1.86 bits per heavy atom. The van der Waals surface area contributed by atoms with Gasteiger partial charge in [-0.05, 0) is 47.4 Å². The summed E-state index contributed by atoms with van der Waals surface area (Å²) >= 11 is 0. The summed E-state index contributed by atoms with van der Waals surface area (Å²) in [6, 6.07) is 22.0. The lowest BCUT2D eigenvalue weighted by Gasteiger charge is -2.20. The second-order valence-electron chi connectivity index (χ2n) is 7.28. The van der Waals surface area contributed by atoms with E-state index < -0.39 is 0 Å². The van der Waals surface area contributed by atoms with Gasteiger partial charge in [0.2, 0.25) is 0 Å². The topological polar surface area (TPSA) is 38.8 Å². The Kier molecular flexibility index (Phi) is 5.58. The molecule has 1 atom stereocenters. The third-order valence-corrected chi connectivity index (χ3v) is 5.15. The molecule has 1 aliphatic rings. The summed E-state index contributed by atoms with van der Waals surface area (Å²) in [5.74, 6) is 0.574. The number of benzene rings is 3. The molecule has 1 fully saturated rings. The van der Waals surface area contributed by atoms with Crippen LogP contribution in [0.1, 0.15) is 28.8 Å². The number of nitrogens with zero attached hydrogens (tertiary/aromatic N) is 1. The van der Waals surface area contributed by atoms with E-state index in [1.165, 1.54) is 10.8 Å². The zero-order valence-corrected chi connectivity index (χ0v) is 16.1. The minimum Gasteiger partial charge on any atom is -0.490 e. The predicted octanol–water partition coefficient (Wildman–Crippen LogP) is 4.67. The molecule has 4 rings (SSSR count). The maximum atomic E-state index is 13.0. The summed E-state index contributed by atoms with van der Waals surface area (Å²) in [5, 5.41) is 2.38. The first-order chi connectivity index (χ1) is 13.7. The van der Waals surface area contributed by atoms with Crippen LogP contribution in [0.15, 0.2) is 66.7 Å². The Balaban J connectivity index is 1.46. The normalized spacial score (nSPS) is 16.2. The van der Waals surface area contributed by atoms with Crippen LogP contribution >= 0.6 is 0 Å². The van der Waals surface area contributed by atoms with Crippen LogP contribution < -0.4 is 4.74 Å². The number of ether oxygens (including phenoxy) is 2. The molecular formula is C24H25NO3. The van der Waals surface area contributed by atoms with Crippen molar-refractivity contribution in [2.24, 2.45) is 0 Å². The van der Waals surface area contributed by atoms with Crippen LogP contribution in [0.5, 0.6) is 5.75 Å². The number of carbonyl (C=O) groups is 1. The summed E-state index contributed by atoms with van der Waals surface area (Å²) in [6.07, 6.45) is 2.21. The van der Waals surface area contributed by atoms with E-state index in [4.69, 9.17) is 9.47 Å². The van der Waals surface area contributed by atoms with Gasteiger partial charge < -0.3 is 14.4 Å². The molecule has 3 aromatic carbocycles. The molecule has 0 N–H and O–H groups in total. The van der Waals surface area contributed by atoms with Gasteiger partial charge in [0.25, 0.3) is 5.91 Å². The van der Waals surface area contributed by atoms with Gasteiger partial charge in [-0.15, -0.1) is 0 Å². The molecule has 0 aliphatic carbocycles. The van der Waals surface area contributed by atoms with Crippen molar-refractivity contribution in [2.45, 2.75) is 25.5 Å². The van der Waals surface area contributed by atoms with E-state index in [0.29, 0.717) is 24.5 Å². The standard InChI is InChI=1S/C24H25NO3/c1-25(16-18-12-13-19-7-2-3-8-20(19)15-18)24(26)22-10-4-5-11-23(22)28-17-21-9-6-14-27-21/h2-5,7-8,10-13,15,21H,6,9,14,16-17H2,1H3. The number of amides is 1. The molecule has 3 aromatic rings. The van der Waals surface area contributed by atoms with Gasteiger partial charge in [0.1, 0.15) is 12.4 Å². The van der Waals surface area contributed by atoms with Crippen molar-refractivity contribution in [3.63, 3.8) is 0 Å². The minimum atomic E-state index is -0.0453. The van der Waals surface area contributed by atoms with Crippen molar-refractivity contribution in [3.8, 4) is 5.75 Å². The molecule has 0 bridgehead atoms. The van der Waals surface area contributed by atoms with Crippen LogP contribution in [0.2, 0.25) is 0 Å². The lowest BCUT2D eigenvalue weighted by molar-refractivity contribution is 0.0656. The second-order valence-corrected chi connectivity index (χ2v) is 7.28. The van der Waals surface area contributed by atoms with Gasteiger partial charge in [-0.25, -0.2) is 0 Å². The van der Waals surface area contributed by atoms with Crippen LogP contribution in [-0.2, 0) is 11.3 Å². The van der Waals surface area contributed by atoms with Crippen molar-refractivity contribution in [1.82, 2.24) is 4.90 Å². The molecule has 0 saturated carbocycles. The first-order valence-corrected chi connectivity index (χ1v) is 9.77. The summed E-state index contributed by atoms with van der Waals surface area (Å²) in [4.78, 5) is 14.8. The molecule has 144 valence electrons. The Morgan fingerprint density at radius 3 is 2.68 bits per heavy atom. The van der Waals surface area contributed by atoms with Gasteiger partial charge >= 0.3 is 0 Å². The lowest BCUT2D eigenvalue weighted by atomic mass is 10.1. The first kappa shape index (κ1) is 18.5. The highest BCUT2D eigenvalue weighted by Crippen LogP contribution is 2.23. The Morgan fingerprint density at radius 1 is 1.07 bits per heavy atom. The molecule has 28 heavy (non-hydrogen) atoms. The van der Waals surface area contributed by atoms with Crippen molar-refractivity contribution in [2.75, 3.05) is 20.3 Å². The molecule has 0 radical (unpaired) electrons. The molecule has 4 nitrogen and oxygen atoms in total. The quantitative estimate of drug-likeness (QED) is 0.628. The van der Waals surface area contributed by atoms with Gasteiger partial charge in [-0.3, -0.25) is 4.79 Å². The molecule has 1 heterocycles. The maximum Gasteiger partial charge on any atom is 0.257 e. The average Bonchev–Trinajstić information content (AvgIpc) is 3.25. The van der Waals surface area contributed by atoms with Crippen molar-refractivity contribution in [1.29, 1.82) is 0 Å². The Bertz CT molecular complexity index is 963. The van der Waals surface area contributed by atoms with E-state index in [2.05, 4.69) is 30.3 Å². The number of fused-ring (bicyclic) bond motifs is 1. The highest BCUT2D eigenvalue weighted by molar-refractivity contribution is 5.96. The summed E-state index contributed by atoms with van der Waals surface area (Å²) in [7, 11) is 1.83. The minimum absolute atomic E-state index is 0.0453. The van der Waals surface area contributed by atoms with Gasteiger partial charge in [-0.1, -0.05) is 48.5 Å². The zero-order chi connectivity index (χ0) is 19.3. The zero-order valence-electron chi connectivity index (χ0n) is 16.1. The molecule has 0 aromatic heterocycles. The largest absolute Gasteiger partial charge is 0.490 e. The van der Waals surface area contributed by atoms with E-state index in [1.807, 2.05) is 43.4 Å². The number of carbonyl (C=O) groups excluding carboxylic acids is 1. The number of rotatable bonds is 6. The highest BCUT2D eigenvalue weighted by atomic mass is 16.5. The molecule has 0 spiro atoms. The van der Waals surface area contributed by atoms with E-state index >= 15 is 0 Å². The van der Waals surface area contributed by atoms with Gasteiger partial charge in [-0.2, -0.15) is 0 Å². The molecule has 1 amide bonds. The summed E-state index contributed by atoms with van der Waals surface area (Å²) in [5.41, 5.74) is 1.69. The number of hydrogen-bond acceptors (Lipinski definition) is 3. The Hall–Kier alpha value is -2.85. The smallest absolute Gasteiger partial charge is 0.257 e. The van der Waals surface area contributed by atoms with Crippen LogP contribution in [0.25, 0.3) is 10.8 Å².